The van der Waals surface area contributed by atoms with Gasteiger partial charge in [-0.3, -0.25) is 4.79 Å². The van der Waals surface area contributed by atoms with Gasteiger partial charge in [-0.2, -0.15) is 0 Å². The predicted molar refractivity (Wildman–Crippen MR) is 92.6 cm³/mol. The second-order valence-electron chi connectivity index (χ2n) is 5.94. The molecule has 26 heavy (non-hydrogen) atoms. The summed E-state index contributed by atoms with van der Waals surface area (Å²) in [7, 11) is 0. The van der Waals surface area contributed by atoms with E-state index in [0.29, 0.717) is 38.5 Å². The number of amides is 2. The summed E-state index contributed by atoms with van der Waals surface area (Å²) in [5.41, 5.74) is 0.480. The van der Waals surface area contributed by atoms with E-state index in [1.165, 1.54) is 12.1 Å². The zero-order valence-corrected chi connectivity index (χ0v) is 15.0. The Morgan fingerprint density at radius 2 is 2.00 bits per heavy atom. The van der Waals surface area contributed by atoms with Crippen molar-refractivity contribution in [2.24, 2.45) is 5.16 Å². The molecule has 1 aromatic rings. The van der Waals surface area contributed by atoms with E-state index in [1.54, 1.807) is 22.8 Å². The smallest absolute Gasteiger partial charge is 0.409 e. The van der Waals surface area contributed by atoms with E-state index in [9.17, 15) is 14.0 Å². The van der Waals surface area contributed by atoms with Gasteiger partial charge in [0.2, 0.25) is 6.10 Å². The van der Waals surface area contributed by atoms with Crippen molar-refractivity contribution < 1.29 is 23.6 Å². The van der Waals surface area contributed by atoms with Gasteiger partial charge in [-0.1, -0.05) is 22.8 Å². The summed E-state index contributed by atoms with van der Waals surface area (Å²) in [6, 6.07) is 4.35. The molecule has 0 bridgehead atoms. The summed E-state index contributed by atoms with van der Waals surface area (Å²) in [6.45, 7) is 3.61. The number of oxime groups is 1. The lowest BCUT2D eigenvalue weighted by Gasteiger charge is -2.34. The molecule has 1 saturated heterocycles. The first-order valence-electron chi connectivity index (χ1n) is 8.38. The Labute approximate surface area is 155 Å². The van der Waals surface area contributed by atoms with Gasteiger partial charge in [-0.05, 0) is 19.1 Å². The van der Waals surface area contributed by atoms with Gasteiger partial charge in [0.15, 0.2) is 0 Å². The van der Waals surface area contributed by atoms with E-state index in [1.807, 2.05) is 0 Å². The lowest BCUT2D eigenvalue weighted by atomic mass is 10.0. The van der Waals surface area contributed by atoms with Crippen LogP contribution in [0.5, 0.6) is 0 Å². The second-order valence-corrected chi connectivity index (χ2v) is 6.35. The molecule has 0 aliphatic carbocycles. The first-order chi connectivity index (χ1) is 12.5. The SMILES string of the molecule is CCOC(=O)N1CCN(C(=O)[C@H]2CC(c3c(F)cccc3Cl)=NO2)CC1. The molecular weight excluding hydrogens is 365 g/mol. The number of nitrogens with zero attached hydrogens (tertiary/aromatic N) is 3. The molecule has 0 spiro atoms. The minimum absolute atomic E-state index is 0.150. The monoisotopic (exact) mass is 383 g/mol. The maximum absolute atomic E-state index is 14.0. The molecular formula is C17H19ClFN3O4. The van der Waals surface area contributed by atoms with Crippen LogP contribution >= 0.6 is 11.6 Å². The van der Waals surface area contributed by atoms with Crippen molar-refractivity contribution in [2.45, 2.75) is 19.4 Å². The average molecular weight is 384 g/mol. The number of rotatable bonds is 3. The highest BCUT2D eigenvalue weighted by Gasteiger charge is 2.35. The maximum Gasteiger partial charge on any atom is 0.409 e. The summed E-state index contributed by atoms with van der Waals surface area (Å²) in [4.78, 5) is 32.7. The molecule has 0 unspecified atom stereocenters. The zero-order valence-electron chi connectivity index (χ0n) is 14.3. The normalized spacial score (nSPS) is 19.8. The third kappa shape index (κ3) is 3.75. The van der Waals surface area contributed by atoms with E-state index in [2.05, 4.69) is 5.16 Å². The van der Waals surface area contributed by atoms with Crippen LogP contribution in [0.25, 0.3) is 0 Å². The van der Waals surface area contributed by atoms with Crippen LogP contribution in [-0.4, -0.2) is 66.4 Å². The number of carbonyl (C=O) groups is 2. The molecule has 2 aliphatic heterocycles. The van der Waals surface area contributed by atoms with E-state index in [-0.39, 0.29) is 29.0 Å². The van der Waals surface area contributed by atoms with Gasteiger partial charge in [0.05, 0.1) is 22.9 Å². The Balaban J connectivity index is 1.57. The number of halogens is 2. The Hall–Kier alpha value is -2.35. The number of piperazine rings is 1. The van der Waals surface area contributed by atoms with Crippen LogP contribution in [0, 0.1) is 5.82 Å². The highest BCUT2D eigenvalue weighted by atomic mass is 35.5. The van der Waals surface area contributed by atoms with Gasteiger partial charge in [0, 0.05) is 32.6 Å². The average Bonchev–Trinajstić information content (AvgIpc) is 3.11. The molecule has 2 aliphatic rings. The Morgan fingerprint density at radius 3 is 2.65 bits per heavy atom. The molecule has 1 atom stereocenters. The maximum atomic E-state index is 14.0. The first kappa shape index (κ1) is 18.4. The van der Waals surface area contributed by atoms with Crippen molar-refractivity contribution in [1.82, 2.24) is 9.80 Å². The molecule has 0 aromatic heterocycles. The molecule has 1 aromatic carbocycles. The van der Waals surface area contributed by atoms with Gasteiger partial charge >= 0.3 is 6.09 Å². The molecule has 1 fully saturated rings. The summed E-state index contributed by atoms with van der Waals surface area (Å²) >= 11 is 6.04. The Kier molecular flexibility index (Phi) is 5.61. The minimum atomic E-state index is -0.810. The molecule has 0 radical (unpaired) electrons. The van der Waals surface area contributed by atoms with Crippen LogP contribution < -0.4 is 0 Å². The zero-order chi connectivity index (χ0) is 18.7. The van der Waals surface area contributed by atoms with Gasteiger partial charge in [0.25, 0.3) is 5.91 Å². The Bertz CT molecular complexity index is 714. The molecule has 2 amide bonds. The molecule has 2 heterocycles. The van der Waals surface area contributed by atoms with Gasteiger partial charge in [-0.25, -0.2) is 9.18 Å². The lowest BCUT2D eigenvalue weighted by Crippen LogP contribution is -2.53. The quantitative estimate of drug-likeness (QED) is 0.802. The number of hydrogen-bond acceptors (Lipinski definition) is 5. The molecule has 140 valence electrons. The van der Waals surface area contributed by atoms with Gasteiger partial charge in [0.1, 0.15) is 5.82 Å². The molecule has 9 heteroatoms. The summed E-state index contributed by atoms with van der Waals surface area (Å²) in [5.74, 6) is -0.740. The van der Waals surface area contributed by atoms with Crippen LogP contribution in [-0.2, 0) is 14.4 Å². The van der Waals surface area contributed by atoms with E-state index < -0.39 is 11.9 Å². The third-order valence-electron chi connectivity index (χ3n) is 4.31. The van der Waals surface area contributed by atoms with E-state index >= 15 is 0 Å². The predicted octanol–water partition coefficient (Wildman–Crippen LogP) is 2.27. The second kappa shape index (κ2) is 7.90. The highest BCUT2D eigenvalue weighted by Crippen LogP contribution is 2.26. The summed E-state index contributed by atoms with van der Waals surface area (Å²) < 4.78 is 19.0. The van der Waals surface area contributed by atoms with Gasteiger partial charge < -0.3 is 19.4 Å². The third-order valence-corrected chi connectivity index (χ3v) is 4.63. The van der Waals surface area contributed by atoms with Crippen LogP contribution in [0.15, 0.2) is 23.4 Å². The van der Waals surface area contributed by atoms with Crippen LogP contribution in [0.2, 0.25) is 5.02 Å². The lowest BCUT2D eigenvalue weighted by molar-refractivity contribution is -0.143. The fraction of sp³-hybridized carbons (Fsp3) is 0.471. The number of ether oxygens (including phenoxy) is 1. The van der Waals surface area contributed by atoms with E-state index in [4.69, 9.17) is 21.2 Å². The Morgan fingerprint density at radius 1 is 1.31 bits per heavy atom. The topological polar surface area (TPSA) is 71.4 Å². The fourth-order valence-corrected chi connectivity index (χ4v) is 3.23. The van der Waals surface area contributed by atoms with Crippen molar-refractivity contribution in [2.75, 3.05) is 32.8 Å². The number of hydrogen-bond donors (Lipinski definition) is 0. The summed E-state index contributed by atoms with van der Waals surface area (Å²) in [5, 5.41) is 4.08. The standard InChI is InChI=1S/C17H19ClFN3O4/c1-2-25-17(24)22-8-6-21(7-9-22)16(23)14-10-13(20-26-14)15-11(18)4-3-5-12(15)19/h3-5,14H,2,6-10H2,1H3/t14-/m1/s1. The first-order valence-corrected chi connectivity index (χ1v) is 8.76. The molecule has 3 rings (SSSR count). The van der Waals surface area contributed by atoms with Crippen molar-refractivity contribution in [3.8, 4) is 0 Å². The minimum Gasteiger partial charge on any atom is -0.450 e. The van der Waals surface area contributed by atoms with Crippen molar-refractivity contribution in [1.29, 1.82) is 0 Å². The van der Waals surface area contributed by atoms with Gasteiger partial charge in [-0.15, -0.1) is 0 Å². The van der Waals surface area contributed by atoms with Crippen LogP contribution in [0.4, 0.5) is 9.18 Å². The van der Waals surface area contributed by atoms with Crippen molar-refractivity contribution in [3.63, 3.8) is 0 Å². The largest absolute Gasteiger partial charge is 0.450 e. The number of carbonyl (C=O) groups excluding carboxylic acids is 2. The van der Waals surface area contributed by atoms with Crippen LogP contribution in [0.3, 0.4) is 0 Å². The van der Waals surface area contributed by atoms with Crippen molar-refractivity contribution >= 4 is 29.3 Å². The molecule has 0 N–H and O–H groups in total. The van der Waals surface area contributed by atoms with E-state index in [0.717, 1.165) is 0 Å². The molecule has 7 nitrogen and oxygen atoms in total. The molecule has 0 saturated carbocycles. The number of benzene rings is 1. The fourth-order valence-electron chi connectivity index (χ4n) is 2.96. The van der Waals surface area contributed by atoms with Crippen molar-refractivity contribution in [3.05, 3.63) is 34.6 Å². The highest BCUT2D eigenvalue weighted by molar-refractivity contribution is 6.34. The summed E-state index contributed by atoms with van der Waals surface area (Å²) in [6.07, 6.45) is -1.04. The van der Waals surface area contributed by atoms with Crippen LogP contribution in [0.1, 0.15) is 18.9 Å².